The van der Waals surface area contributed by atoms with Gasteiger partial charge < -0.3 is 19.3 Å². The van der Waals surface area contributed by atoms with E-state index in [2.05, 4.69) is 0 Å². The zero-order valence-corrected chi connectivity index (χ0v) is 18.1. The molecule has 1 heterocycles. The van der Waals surface area contributed by atoms with Gasteiger partial charge in [0.1, 0.15) is 5.82 Å². The number of carbonyl (C=O) groups excluding carboxylic acids is 2. The fraction of sp³-hybridized carbons (Fsp3) is 0.333. The van der Waals surface area contributed by atoms with Gasteiger partial charge in [0.25, 0.3) is 0 Å². The zero-order chi connectivity index (χ0) is 22.4. The summed E-state index contributed by atoms with van der Waals surface area (Å²) in [5.74, 6) is 0.590. The molecular formula is C24H27FN2O4. The van der Waals surface area contributed by atoms with Crippen molar-refractivity contribution in [3.63, 3.8) is 0 Å². The number of hydrogen-bond acceptors (Lipinski definition) is 5. The zero-order valence-electron chi connectivity index (χ0n) is 18.1. The second-order valence-electron chi connectivity index (χ2n) is 7.21. The van der Waals surface area contributed by atoms with Gasteiger partial charge in [0.2, 0.25) is 5.91 Å². The number of methoxy groups -OCH3 is 1. The largest absolute Gasteiger partial charge is 0.493 e. The first-order chi connectivity index (χ1) is 14.9. The quantitative estimate of drug-likeness (QED) is 0.498. The van der Waals surface area contributed by atoms with Crippen molar-refractivity contribution in [2.45, 2.75) is 13.8 Å². The molecule has 0 spiro atoms. The fourth-order valence-corrected chi connectivity index (χ4v) is 3.49. The Morgan fingerprint density at radius 3 is 2.42 bits per heavy atom. The van der Waals surface area contributed by atoms with Crippen LogP contribution in [-0.2, 0) is 4.79 Å². The van der Waals surface area contributed by atoms with Gasteiger partial charge in [0.15, 0.2) is 17.3 Å². The van der Waals surface area contributed by atoms with E-state index >= 15 is 0 Å². The maximum absolute atomic E-state index is 14.4. The van der Waals surface area contributed by atoms with Crippen molar-refractivity contribution in [2.75, 3.05) is 44.8 Å². The normalized spacial score (nSPS) is 14.1. The number of benzene rings is 2. The number of nitrogens with zero attached hydrogens (tertiary/aromatic N) is 2. The Hall–Kier alpha value is -3.35. The number of carbonyl (C=O) groups is 2. The number of halogens is 1. The molecule has 2 aromatic rings. The van der Waals surface area contributed by atoms with Crippen molar-refractivity contribution in [3.8, 4) is 11.5 Å². The maximum atomic E-state index is 14.4. The first-order valence-corrected chi connectivity index (χ1v) is 10.3. The number of hydrogen-bond donors (Lipinski definition) is 0. The molecule has 31 heavy (non-hydrogen) atoms. The third kappa shape index (κ3) is 5.42. The SMILES string of the molecule is CCOc1cc(/C=C/C(=O)N2CCN(c3ccc(C(C)=O)cc3F)CC2)ccc1OC. The van der Waals surface area contributed by atoms with Gasteiger partial charge in [0.05, 0.1) is 19.4 Å². The molecule has 1 fully saturated rings. The van der Waals surface area contributed by atoms with E-state index in [0.717, 1.165) is 5.56 Å². The summed E-state index contributed by atoms with van der Waals surface area (Å²) in [6.45, 7) is 5.85. The Morgan fingerprint density at radius 1 is 1.06 bits per heavy atom. The number of Topliss-reactive ketones (excluding diaryl/α,β-unsaturated/α-hetero) is 1. The van der Waals surface area contributed by atoms with Gasteiger partial charge in [-0.15, -0.1) is 0 Å². The van der Waals surface area contributed by atoms with Gasteiger partial charge in [-0.05, 0) is 55.8 Å². The molecule has 1 saturated heterocycles. The molecule has 7 heteroatoms. The van der Waals surface area contributed by atoms with Crippen LogP contribution in [0.1, 0.15) is 29.8 Å². The summed E-state index contributed by atoms with van der Waals surface area (Å²) in [5.41, 5.74) is 1.64. The Bertz CT molecular complexity index is 982. The van der Waals surface area contributed by atoms with E-state index < -0.39 is 5.82 Å². The van der Waals surface area contributed by atoms with Gasteiger partial charge >= 0.3 is 0 Å². The van der Waals surface area contributed by atoms with E-state index in [9.17, 15) is 14.0 Å². The van der Waals surface area contributed by atoms with Crippen LogP contribution in [0.4, 0.5) is 10.1 Å². The Morgan fingerprint density at radius 2 is 1.81 bits per heavy atom. The van der Waals surface area contributed by atoms with Gasteiger partial charge in [0, 0.05) is 37.8 Å². The number of ketones is 1. The van der Waals surface area contributed by atoms with Crippen LogP contribution in [0.25, 0.3) is 6.08 Å². The van der Waals surface area contributed by atoms with Gasteiger partial charge in [-0.3, -0.25) is 9.59 Å². The minimum Gasteiger partial charge on any atom is -0.493 e. The van der Waals surface area contributed by atoms with Crippen LogP contribution in [0.3, 0.4) is 0 Å². The van der Waals surface area contributed by atoms with Crippen LogP contribution in [-0.4, -0.2) is 56.5 Å². The molecule has 1 amide bonds. The number of ether oxygens (including phenoxy) is 2. The molecule has 0 N–H and O–H groups in total. The third-order valence-corrected chi connectivity index (χ3v) is 5.19. The molecule has 3 rings (SSSR count). The highest BCUT2D eigenvalue weighted by Gasteiger charge is 2.22. The standard InChI is InChI=1S/C24H27FN2O4/c1-4-31-23-15-18(5-9-22(23)30-3)6-10-24(29)27-13-11-26(12-14-27)21-8-7-19(17(2)28)16-20(21)25/h5-10,15-16H,4,11-14H2,1-3H3/b10-6+. The molecule has 6 nitrogen and oxygen atoms in total. The van der Waals surface area contributed by atoms with Gasteiger partial charge in [-0.25, -0.2) is 4.39 Å². The number of amides is 1. The number of anilines is 1. The van der Waals surface area contributed by atoms with Crippen LogP contribution in [0.5, 0.6) is 11.5 Å². The smallest absolute Gasteiger partial charge is 0.246 e. The summed E-state index contributed by atoms with van der Waals surface area (Å²) in [5, 5.41) is 0. The summed E-state index contributed by atoms with van der Waals surface area (Å²) in [4.78, 5) is 27.6. The van der Waals surface area contributed by atoms with Crippen molar-refractivity contribution in [1.29, 1.82) is 0 Å². The average Bonchev–Trinajstić information content (AvgIpc) is 2.78. The van der Waals surface area contributed by atoms with E-state index in [1.165, 1.54) is 19.1 Å². The van der Waals surface area contributed by atoms with Crippen molar-refractivity contribution in [2.24, 2.45) is 0 Å². The lowest BCUT2D eigenvalue weighted by Gasteiger charge is -2.35. The lowest BCUT2D eigenvalue weighted by Crippen LogP contribution is -2.48. The van der Waals surface area contributed by atoms with Crippen molar-refractivity contribution >= 4 is 23.5 Å². The first-order valence-electron chi connectivity index (χ1n) is 10.3. The van der Waals surface area contributed by atoms with E-state index in [1.807, 2.05) is 24.0 Å². The molecule has 164 valence electrons. The lowest BCUT2D eigenvalue weighted by atomic mass is 10.1. The summed E-state index contributed by atoms with van der Waals surface area (Å²) < 4.78 is 25.2. The Balaban J connectivity index is 1.60. The second-order valence-corrected chi connectivity index (χ2v) is 7.21. The van der Waals surface area contributed by atoms with E-state index in [0.29, 0.717) is 55.5 Å². The highest BCUT2D eigenvalue weighted by atomic mass is 19.1. The molecular weight excluding hydrogens is 399 g/mol. The van der Waals surface area contributed by atoms with E-state index in [-0.39, 0.29) is 11.7 Å². The molecule has 0 saturated carbocycles. The maximum Gasteiger partial charge on any atom is 0.246 e. The van der Waals surface area contributed by atoms with Gasteiger partial charge in [-0.2, -0.15) is 0 Å². The first kappa shape index (κ1) is 22.3. The monoisotopic (exact) mass is 426 g/mol. The van der Waals surface area contributed by atoms with Crippen LogP contribution >= 0.6 is 0 Å². The summed E-state index contributed by atoms with van der Waals surface area (Å²) >= 11 is 0. The number of piperazine rings is 1. The van der Waals surface area contributed by atoms with Crippen LogP contribution in [0.15, 0.2) is 42.5 Å². The van der Waals surface area contributed by atoms with Crippen molar-refractivity contribution < 1.29 is 23.5 Å². The second kappa shape index (κ2) is 10.1. The average molecular weight is 426 g/mol. The number of rotatable bonds is 7. The minimum atomic E-state index is -0.419. The van der Waals surface area contributed by atoms with Crippen LogP contribution in [0, 0.1) is 5.82 Å². The molecule has 1 aliphatic rings. The van der Waals surface area contributed by atoms with E-state index in [1.54, 1.807) is 36.3 Å². The predicted octanol–water partition coefficient (Wildman–Crippen LogP) is 3.80. The summed E-state index contributed by atoms with van der Waals surface area (Å²) in [6.07, 6.45) is 3.28. The van der Waals surface area contributed by atoms with Gasteiger partial charge in [-0.1, -0.05) is 6.07 Å². The molecule has 0 radical (unpaired) electrons. The molecule has 2 aromatic carbocycles. The molecule has 0 aromatic heterocycles. The topological polar surface area (TPSA) is 59.1 Å². The van der Waals surface area contributed by atoms with Crippen molar-refractivity contribution in [3.05, 3.63) is 59.4 Å². The molecule has 0 unspecified atom stereocenters. The third-order valence-electron chi connectivity index (χ3n) is 5.19. The Labute approximate surface area is 181 Å². The van der Waals surface area contributed by atoms with Crippen molar-refractivity contribution in [1.82, 2.24) is 4.90 Å². The minimum absolute atomic E-state index is 0.0965. The summed E-state index contributed by atoms with van der Waals surface area (Å²) in [6, 6.07) is 10.0. The molecule has 1 aliphatic heterocycles. The molecule has 0 bridgehead atoms. The highest BCUT2D eigenvalue weighted by molar-refractivity contribution is 5.94. The summed E-state index contributed by atoms with van der Waals surface area (Å²) in [7, 11) is 1.58. The van der Waals surface area contributed by atoms with Crippen LogP contribution in [0.2, 0.25) is 0 Å². The van der Waals surface area contributed by atoms with Crippen LogP contribution < -0.4 is 14.4 Å². The Kier molecular flexibility index (Phi) is 7.28. The molecule has 0 aliphatic carbocycles. The molecule has 0 atom stereocenters. The predicted molar refractivity (Wildman–Crippen MR) is 118 cm³/mol. The lowest BCUT2D eigenvalue weighted by molar-refractivity contribution is -0.126. The fourth-order valence-electron chi connectivity index (χ4n) is 3.49. The van der Waals surface area contributed by atoms with E-state index in [4.69, 9.17) is 9.47 Å². The highest BCUT2D eigenvalue weighted by Crippen LogP contribution is 2.28.